The van der Waals surface area contributed by atoms with E-state index in [-0.39, 0.29) is 0 Å². The van der Waals surface area contributed by atoms with E-state index in [1.165, 1.54) is 0 Å². The van der Waals surface area contributed by atoms with Gasteiger partial charge in [-0.05, 0) is 0 Å². The van der Waals surface area contributed by atoms with Crippen molar-refractivity contribution in [2.75, 3.05) is 7.11 Å². The smallest absolute Gasteiger partial charge is 0.132 e. The van der Waals surface area contributed by atoms with Gasteiger partial charge in [-0.1, -0.05) is 46.3 Å². The van der Waals surface area contributed by atoms with Crippen molar-refractivity contribution < 1.29 is 4.74 Å². The summed E-state index contributed by atoms with van der Waals surface area (Å²) in [4.78, 5) is 1.77. The van der Waals surface area contributed by atoms with Crippen molar-refractivity contribution >= 4 is 21.7 Å². The Labute approximate surface area is 74.8 Å². The van der Waals surface area contributed by atoms with Crippen LogP contribution in [0.1, 0.15) is 5.56 Å². The van der Waals surface area contributed by atoms with E-state index in [1.807, 2.05) is 30.3 Å². The molecule has 0 heterocycles. The number of rotatable bonds is 2. The van der Waals surface area contributed by atoms with E-state index in [0.29, 0.717) is 0 Å². The zero-order valence-electron chi connectivity index (χ0n) is 6.25. The molecule has 0 saturated heterocycles. The molecule has 0 bridgehead atoms. The first-order valence-electron chi connectivity index (χ1n) is 3.28. The van der Waals surface area contributed by atoms with Crippen LogP contribution >= 0.6 is 15.9 Å². The Kier molecular flexibility index (Phi) is 3.17. The molecule has 1 aromatic carbocycles. The summed E-state index contributed by atoms with van der Waals surface area (Å²) in [5.41, 5.74) is 1.08. The summed E-state index contributed by atoms with van der Waals surface area (Å²) < 4.78 is 5.10. The van der Waals surface area contributed by atoms with Crippen molar-refractivity contribution in [1.29, 1.82) is 0 Å². The van der Waals surface area contributed by atoms with Gasteiger partial charge in [-0.25, -0.2) is 0 Å². The largest absolute Gasteiger partial charge is 0.496 e. The summed E-state index contributed by atoms with van der Waals surface area (Å²) in [7, 11) is 1.65. The molecule has 0 aliphatic rings. The van der Waals surface area contributed by atoms with Crippen LogP contribution in [0, 0.1) is 0 Å². The Balaban J connectivity index is 2.92. The van der Waals surface area contributed by atoms with E-state index in [4.69, 9.17) is 4.74 Å². The maximum Gasteiger partial charge on any atom is 0.132 e. The molecule has 0 spiro atoms. The highest BCUT2D eigenvalue weighted by atomic mass is 79.9. The second kappa shape index (κ2) is 4.19. The molecule has 0 aliphatic heterocycles. The van der Waals surface area contributed by atoms with Crippen molar-refractivity contribution in [3.8, 4) is 0 Å². The van der Waals surface area contributed by atoms with Gasteiger partial charge in [-0.2, -0.15) is 0 Å². The highest BCUT2D eigenvalue weighted by Crippen LogP contribution is 2.15. The molecule has 0 radical (unpaired) electrons. The van der Waals surface area contributed by atoms with Crippen molar-refractivity contribution in [2.45, 2.75) is 0 Å². The summed E-state index contributed by atoms with van der Waals surface area (Å²) in [6.07, 6.45) is 0. The predicted octanol–water partition coefficient (Wildman–Crippen LogP) is 3.03. The molecule has 0 aliphatic carbocycles. The second-order valence-electron chi connectivity index (χ2n) is 2.04. The fourth-order valence-electron chi connectivity index (χ4n) is 0.828. The van der Waals surface area contributed by atoms with E-state index in [1.54, 1.807) is 12.1 Å². The van der Waals surface area contributed by atoms with Crippen molar-refractivity contribution in [3.63, 3.8) is 0 Å². The van der Waals surface area contributed by atoms with Gasteiger partial charge in [-0.15, -0.1) is 0 Å². The van der Waals surface area contributed by atoms with Crippen LogP contribution in [-0.4, -0.2) is 7.11 Å². The molecule has 11 heavy (non-hydrogen) atoms. The van der Waals surface area contributed by atoms with Crippen LogP contribution < -0.4 is 0 Å². The highest BCUT2D eigenvalue weighted by Gasteiger charge is 1.96. The Morgan fingerprint density at radius 2 is 2.00 bits per heavy atom. The molecule has 0 unspecified atom stereocenters. The summed E-state index contributed by atoms with van der Waals surface area (Å²) in [5, 5.41) is 0. The van der Waals surface area contributed by atoms with Crippen molar-refractivity contribution in [3.05, 3.63) is 40.9 Å². The van der Waals surface area contributed by atoms with Crippen LogP contribution in [0.25, 0.3) is 5.76 Å². The third-order valence-electron chi connectivity index (χ3n) is 1.38. The van der Waals surface area contributed by atoms with Gasteiger partial charge in [0.2, 0.25) is 0 Å². The van der Waals surface area contributed by atoms with Gasteiger partial charge >= 0.3 is 0 Å². The lowest BCUT2D eigenvalue weighted by Gasteiger charge is -2.02. The molecule has 0 atom stereocenters. The molecule has 1 nitrogen and oxygen atoms in total. The molecule has 58 valence electrons. The zero-order valence-corrected chi connectivity index (χ0v) is 7.84. The summed E-state index contributed by atoms with van der Waals surface area (Å²) in [6.45, 7) is 0. The first kappa shape index (κ1) is 8.34. The first-order valence-corrected chi connectivity index (χ1v) is 4.20. The minimum Gasteiger partial charge on any atom is -0.496 e. The van der Waals surface area contributed by atoms with Gasteiger partial charge in [-0.3, -0.25) is 0 Å². The maximum atomic E-state index is 5.10. The average Bonchev–Trinajstić information content (AvgIpc) is 2.09. The van der Waals surface area contributed by atoms with E-state index in [0.717, 1.165) is 11.3 Å². The van der Waals surface area contributed by atoms with Crippen LogP contribution in [0.3, 0.4) is 0 Å². The van der Waals surface area contributed by atoms with Gasteiger partial charge in [0.05, 0.1) is 7.11 Å². The van der Waals surface area contributed by atoms with Crippen LogP contribution in [0.5, 0.6) is 0 Å². The van der Waals surface area contributed by atoms with Crippen LogP contribution in [0.15, 0.2) is 35.3 Å². The summed E-state index contributed by atoms with van der Waals surface area (Å²) in [5.74, 6) is 0.839. The normalized spacial score (nSPS) is 11.3. The minimum atomic E-state index is 0.839. The first-order chi connectivity index (χ1) is 5.38. The van der Waals surface area contributed by atoms with Crippen molar-refractivity contribution in [2.24, 2.45) is 0 Å². The lowest BCUT2D eigenvalue weighted by Crippen LogP contribution is -1.84. The molecule has 1 aromatic rings. The fourth-order valence-corrected chi connectivity index (χ4v) is 1.28. The van der Waals surface area contributed by atoms with Gasteiger partial charge < -0.3 is 4.74 Å². The number of hydrogen-bond acceptors (Lipinski definition) is 1. The van der Waals surface area contributed by atoms with Crippen LogP contribution in [-0.2, 0) is 4.74 Å². The SMILES string of the molecule is CO/C(=C\Br)c1ccccc1. The predicted molar refractivity (Wildman–Crippen MR) is 50.4 cm³/mol. The third-order valence-corrected chi connectivity index (χ3v) is 1.79. The van der Waals surface area contributed by atoms with E-state index in [9.17, 15) is 0 Å². The zero-order chi connectivity index (χ0) is 8.10. The molecule has 2 heteroatoms. The van der Waals surface area contributed by atoms with Gasteiger partial charge in [0.25, 0.3) is 0 Å². The minimum absolute atomic E-state index is 0.839. The van der Waals surface area contributed by atoms with Gasteiger partial charge in [0, 0.05) is 10.5 Å². The molecular weight excluding hydrogens is 204 g/mol. The van der Waals surface area contributed by atoms with E-state index < -0.39 is 0 Å². The summed E-state index contributed by atoms with van der Waals surface area (Å²) in [6, 6.07) is 9.92. The Morgan fingerprint density at radius 1 is 1.36 bits per heavy atom. The Hall–Kier alpha value is -0.760. The van der Waals surface area contributed by atoms with Gasteiger partial charge in [0.15, 0.2) is 0 Å². The Bertz CT molecular complexity index is 241. The molecular formula is C9H9BrO. The second-order valence-corrected chi connectivity index (χ2v) is 2.50. The number of benzene rings is 1. The van der Waals surface area contributed by atoms with E-state index >= 15 is 0 Å². The monoisotopic (exact) mass is 212 g/mol. The fraction of sp³-hybridized carbons (Fsp3) is 0.111. The highest BCUT2D eigenvalue weighted by molar-refractivity contribution is 9.11. The average molecular weight is 213 g/mol. The van der Waals surface area contributed by atoms with E-state index in [2.05, 4.69) is 15.9 Å². The topological polar surface area (TPSA) is 9.23 Å². The van der Waals surface area contributed by atoms with Crippen LogP contribution in [0.2, 0.25) is 0 Å². The van der Waals surface area contributed by atoms with Crippen LogP contribution in [0.4, 0.5) is 0 Å². The Morgan fingerprint density at radius 3 is 2.45 bits per heavy atom. The lowest BCUT2D eigenvalue weighted by atomic mass is 10.2. The summed E-state index contributed by atoms with van der Waals surface area (Å²) >= 11 is 3.23. The number of halogens is 1. The number of methoxy groups -OCH3 is 1. The molecule has 0 amide bonds. The molecule has 0 aromatic heterocycles. The molecule has 0 saturated carbocycles. The van der Waals surface area contributed by atoms with Gasteiger partial charge in [0.1, 0.15) is 5.76 Å². The maximum absolute atomic E-state index is 5.10. The molecule has 1 rings (SSSR count). The number of hydrogen-bond donors (Lipinski definition) is 0. The van der Waals surface area contributed by atoms with Crippen molar-refractivity contribution in [1.82, 2.24) is 0 Å². The number of ether oxygens (including phenoxy) is 1. The molecule has 0 N–H and O–H groups in total. The third kappa shape index (κ3) is 2.09. The standard InChI is InChI=1S/C9H9BrO/c1-11-9(7-10)8-5-3-2-4-6-8/h2-7H,1H3/b9-7-. The lowest BCUT2D eigenvalue weighted by molar-refractivity contribution is 0.371. The molecule has 0 fully saturated rings. The quantitative estimate of drug-likeness (QED) is 0.686.